The summed E-state index contributed by atoms with van der Waals surface area (Å²) in [5.74, 6) is 0.307. The molecule has 1 aromatic heterocycles. The maximum atomic E-state index is 12.7. The highest BCUT2D eigenvalue weighted by atomic mass is 79.9. The van der Waals surface area contributed by atoms with Crippen molar-refractivity contribution in [3.05, 3.63) is 27.7 Å². The van der Waals surface area contributed by atoms with E-state index in [1.807, 2.05) is 12.1 Å². The highest BCUT2D eigenvalue weighted by molar-refractivity contribution is 9.10. The van der Waals surface area contributed by atoms with Crippen molar-refractivity contribution in [2.45, 2.75) is 44.2 Å². The Bertz CT molecular complexity index is 728. The lowest BCUT2D eigenvalue weighted by atomic mass is 10.1. The fourth-order valence-electron chi connectivity index (χ4n) is 3.79. The molecule has 2 aliphatic heterocycles. The lowest BCUT2D eigenvalue weighted by Gasteiger charge is -2.27. The van der Waals surface area contributed by atoms with Crippen molar-refractivity contribution >= 4 is 68.2 Å². The molecule has 0 spiro atoms. The number of hydrogen-bond acceptors (Lipinski definition) is 4. The summed E-state index contributed by atoms with van der Waals surface area (Å²) in [4.78, 5) is 19.6. The SMILES string of the molecule is Cl.Cl.O=C(CCc1nc2cc(Br)ccc2s1)N1C2CCNCC1CC2. The van der Waals surface area contributed by atoms with E-state index in [1.54, 1.807) is 11.3 Å². The topological polar surface area (TPSA) is 45.2 Å². The first-order chi connectivity index (χ1) is 11.2. The van der Waals surface area contributed by atoms with Crippen LogP contribution in [0.25, 0.3) is 10.2 Å². The highest BCUT2D eigenvalue weighted by Crippen LogP contribution is 2.30. The van der Waals surface area contributed by atoms with Gasteiger partial charge in [0.15, 0.2) is 0 Å². The van der Waals surface area contributed by atoms with Crippen molar-refractivity contribution in [3.63, 3.8) is 0 Å². The van der Waals surface area contributed by atoms with E-state index in [2.05, 4.69) is 37.2 Å². The average Bonchev–Trinajstić information content (AvgIpc) is 3.03. The maximum absolute atomic E-state index is 12.7. The quantitative estimate of drug-likeness (QED) is 0.737. The smallest absolute Gasteiger partial charge is 0.223 e. The maximum Gasteiger partial charge on any atom is 0.223 e. The summed E-state index contributed by atoms with van der Waals surface area (Å²) in [7, 11) is 0. The van der Waals surface area contributed by atoms with Crippen molar-refractivity contribution in [3.8, 4) is 0 Å². The minimum absolute atomic E-state index is 0. The Kier molecular flexibility index (Phi) is 7.52. The monoisotopic (exact) mass is 465 g/mol. The summed E-state index contributed by atoms with van der Waals surface area (Å²) >= 11 is 5.18. The zero-order chi connectivity index (χ0) is 15.8. The van der Waals surface area contributed by atoms with Crippen LogP contribution in [0, 0.1) is 0 Å². The minimum Gasteiger partial charge on any atom is -0.335 e. The number of amides is 1. The van der Waals surface area contributed by atoms with E-state index in [-0.39, 0.29) is 24.8 Å². The molecule has 0 radical (unpaired) electrons. The van der Waals surface area contributed by atoms with Gasteiger partial charge in [-0.2, -0.15) is 0 Å². The first kappa shape index (κ1) is 20.9. The molecular formula is C17H22BrCl2N3OS. The van der Waals surface area contributed by atoms with Crippen LogP contribution in [0.1, 0.15) is 30.7 Å². The first-order valence-electron chi connectivity index (χ1n) is 8.27. The van der Waals surface area contributed by atoms with Gasteiger partial charge in [0.2, 0.25) is 5.91 Å². The molecule has 1 aromatic carbocycles. The molecule has 8 heteroatoms. The number of fused-ring (bicyclic) bond motifs is 3. The molecule has 2 atom stereocenters. The number of nitrogens with zero attached hydrogens (tertiary/aromatic N) is 2. The number of benzene rings is 1. The van der Waals surface area contributed by atoms with Gasteiger partial charge in [0, 0.05) is 35.9 Å². The number of hydrogen-bond donors (Lipinski definition) is 1. The predicted octanol–water partition coefficient (Wildman–Crippen LogP) is 4.19. The zero-order valence-electron chi connectivity index (χ0n) is 13.7. The third-order valence-corrected chi connectivity index (χ3v) is 6.48. The lowest BCUT2D eigenvalue weighted by Crippen LogP contribution is -2.42. The van der Waals surface area contributed by atoms with E-state index in [9.17, 15) is 4.79 Å². The van der Waals surface area contributed by atoms with Crippen molar-refractivity contribution < 1.29 is 4.79 Å². The number of carbonyl (C=O) groups excluding carboxylic acids is 1. The number of halogens is 3. The minimum atomic E-state index is 0. The third-order valence-electron chi connectivity index (χ3n) is 4.89. The van der Waals surface area contributed by atoms with E-state index < -0.39 is 0 Å². The van der Waals surface area contributed by atoms with Crippen LogP contribution in [0.2, 0.25) is 0 Å². The standard InChI is InChI=1S/C17H20BrN3OS.2ClH/c18-11-1-4-15-14(9-11)20-16(23-15)5-6-17(22)21-12-2-3-13(21)10-19-8-7-12;;/h1,4,9,12-13,19H,2-3,5-8,10H2;2*1H. The molecule has 3 heterocycles. The van der Waals surface area contributed by atoms with Crippen molar-refractivity contribution in [2.75, 3.05) is 13.1 Å². The van der Waals surface area contributed by atoms with Crippen LogP contribution in [-0.4, -0.2) is 41.0 Å². The number of aryl methyl sites for hydroxylation is 1. The predicted molar refractivity (Wildman–Crippen MR) is 111 cm³/mol. The Balaban J connectivity index is 0.00000113. The van der Waals surface area contributed by atoms with E-state index in [0.29, 0.717) is 24.4 Å². The molecule has 1 amide bonds. The summed E-state index contributed by atoms with van der Waals surface area (Å²) in [6, 6.07) is 7.02. The Hall–Kier alpha value is -0.400. The second-order valence-electron chi connectivity index (χ2n) is 6.40. The fraction of sp³-hybridized carbons (Fsp3) is 0.529. The summed E-state index contributed by atoms with van der Waals surface area (Å²) < 4.78 is 2.24. The zero-order valence-corrected chi connectivity index (χ0v) is 17.8. The van der Waals surface area contributed by atoms with Gasteiger partial charge in [-0.3, -0.25) is 4.79 Å². The number of thiazole rings is 1. The van der Waals surface area contributed by atoms with Gasteiger partial charge in [-0.05, 0) is 44.0 Å². The van der Waals surface area contributed by atoms with Gasteiger partial charge in [-0.25, -0.2) is 4.98 Å². The van der Waals surface area contributed by atoms with Gasteiger partial charge in [-0.1, -0.05) is 15.9 Å². The van der Waals surface area contributed by atoms with E-state index in [4.69, 9.17) is 0 Å². The molecule has 2 bridgehead atoms. The van der Waals surface area contributed by atoms with Crippen LogP contribution < -0.4 is 5.32 Å². The molecule has 2 aliphatic rings. The molecule has 4 nitrogen and oxygen atoms in total. The van der Waals surface area contributed by atoms with Crippen molar-refractivity contribution in [1.82, 2.24) is 15.2 Å². The molecule has 4 rings (SSSR count). The van der Waals surface area contributed by atoms with E-state index >= 15 is 0 Å². The second kappa shape index (κ2) is 9.00. The normalized spacial score (nSPS) is 22.2. The molecule has 25 heavy (non-hydrogen) atoms. The fourth-order valence-corrected chi connectivity index (χ4v) is 5.08. The molecule has 0 aliphatic carbocycles. The third kappa shape index (κ3) is 4.48. The molecule has 0 saturated carbocycles. The van der Waals surface area contributed by atoms with E-state index in [0.717, 1.165) is 47.3 Å². The van der Waals surface area contributed by atoms with Gasteiger partial charge in [0.1, 0.15) is 0 Å². The van der Waals surface area contributed by atoms with Crippen LogP contribution in [0.4, 0.5) is 0 Å². The van der Waals surface area contributed by atoms with Gasteiger partial charge in [0.25, 0.3) is 0 Å². The summed E-state index contributed by atoms with van der Waals surface area (Å²) in [5, 5.41) is 4.51. The molecule has 2 fully saturated rings. The Morgan fingerprint density at radius 1 is 1.28 bits per heavy atom. The molecule has 1 N–H and O–H groups in total. The molecule has 2 aromatic rings. The summed E-state index contributed by atoms with van der Waals surface area (Å²) in [5.41, 5.74) is 1.02. The Morgan fingerprint density at radius 2 is 2.08 bits per heavy atom. The van der Waals surface area contributed by atoms with Gasteiger partial charge >= 0.3 is 0 Å². The van der Waals surface area contributed by atoms with Gasteiger partial charge in [0.05, 0.1) is 15.2 Å². The number of rotatable bonds is 3. The molecule has 2 unspecified atom stereocenters. The number of carbonyl (C=O) groups is 1. The van der Waals surface area contributed by atoms with Crippen LogP contribution >= 0.6 is 52.1 Å². The molecule has 138 valence electrons. The number of nitrogens with one attached hydrogen (secondary N) is 1. The van der Waals surface area contributed by atoms with Crippen molar-refractivity contribution in [1.29, 1.82) is 0 Å². The Morgan fingerprint density at radius 3 is 2.92 bits per heavy atom. The largest absolute Gasteiger partial charge is 0.335 e. The lowest BCUT2D eigenvalue weighted by molar-refractivity contribution is -0.133. The summed E-state index contributed by atoms with van der Waals surface area (Å²) in [6.07, 6.45) is 4.75. The van der Waals surface area contributed by atoms with Gasteiger partial charge < -0.3 is 10.2 Å². The van der Waals surface area contributed by atoms with Gasteiger partial charge in [-0.15, -0.1) is 36.2 Å². The Labute approximate surface area is 172 Å². The summed E-state index contributed by atoms with van der Waals surface area (Å²) in [6.45, 7) is 2.00. The molecular weight excluding hydrogens is 445 g/mol. The van der Waals surface area contributed by atoms with Crippen LogP contribution in [0.3, 0.4) is 0 Å². The molecule has 2 saturated heterocycles. The van der Waals surface area contributed by atoms with Crippen molar-refractivity contribution in [2.24, 2.45) is 0 Å². The van der Waals surface area contributed by atoms with Crippen LogP contribution in [0.5, 0.6) is 0 Å². The second-order valence-corrected chi connectivity index (χ2v) is 8.43. The number of aromatic nitrogens is 1. The highest BCUT2D eigenvalue weighted by Gasteiger charge is 2.37. The average molecular weight is 467 g/mol. The van der Waals surface area contributed by atoms with Crippen LogP contribution in [-0.2, 0) is 11.2 Å². The first-order valence-corrected chi connectivity index (χ1v) is 9.88. The van der Waals surface area contributed by atoms with Crippen LogP contribution in [0.15, 0.2) is 22.7 Å². The van der Waals surface area contributed by atoms with E-state index in [1.165, 1.54) is 11.1 Å².